The van der Waals surface area contributed by atoms with Gasteiger partial charge in [-0.1, -0.05) is 68.4 Å². The maximum atomic E-state index is 13.3. The average Bonchev–Trinajstić information content (AvgIpc) is 2.76. The van der Waals surface area contributed by atoms with Gasteiger partial charge in [-0.2, -0.15) is 0 Å². The van der Waals surface area contributed by atoms with Gasteiger partial charge in [0.15, 0.2) is 0 Å². The van der Waals surface area contributed by atoms with E-state index in [-0.39, 0.29) is 24.2 Å². The van der Waals surface area contributed by atoms with Crippen molar-refractivity contribution < 1.29 is 9.53 Å². The van der Waals surface area contributed by atoms with Crippen LogP contribution in [0.4, 0.5) is 0 Å². The number of hydrogen-bond acceptors (Lipinski definition) is 4. The van der Waals surface area contributed by atoms with Crippen LogP contribution in [0.15, 0.2) is 54.6 Å². The van der Waals surface area contributed by atoms with Crippen molar-refractivity contribution in [1.82, 2.24) is 15.1 Å². The molecule has 3 rings (SSSR count). The number of hydrogen-bond donors (Lipinski definition) is 1. The molecule has 2 aromatic carbocycles. The normalized spacial score (nSPS) is 20.5. The van der Waals surface area contributed by atoms with E-state index in [4.69, 9.17) is 4.74 Å². The van der Waals surface area contributed by atoms with Crippen molar-refractivity contribution in [2.45, 2.75) is 59.0 Å². The van der Waals surface area contributed by atoms with Crippen LogP contribution in [0, 0.1) is 0 Å². The summed E-state index contributed by atoms with van der Waals surface area (Å²) in [5.74, 6) is 0.0540. The summed E-state index contributed by atoms with van der Waals surface area (Å²) < 4.78 is 5.87. The van der Waals surface area contributed by atoms with Crippen LogP contribution >= 0.6 is 0 Å². The lowest BCUT2D eigenvalue weighted by molar-refractivity contribution is -0.126. The van der Waals surface area contributed by atoms with Crippen LogP contribution in [0.3, 0.4) is 0 Å². The Kier molecular flexibility index (Phi) is 8.64. The molecule has 1 saturated heterocycles. The SMILES string of the molecule is CCN(CC)C(C(=O)NCc1ccccc1CN1CC(C)OC(C)C1)c1ccccc1. The molecule has 0 aromatic heterocycles. The fourth-order valence-electron chi connectivity index (χ4n) is 4.57. The Morgan fingerprint density at radius 3 is 2.19 bits per heavy atom. The van der Waals surface area contributed by atoms with E-state index >= 15 is 0 Å². The molecule has 5 heteroatoms. The fourth-order valence-corrected chi connectivity index (χ4v) is 4.57. The maximum absolute atomic E-state index is 13.3. The molecular formula is C26H37N3O2. The number of rotatable bonds is 9. The molecule has 0 saturated carbocycles. The number of likely N-dealkylation sites (N-methyl/N-ethyl adjacent to an activating group) is 1. The second-order valence-corrected chi connectivity index (χ2v) is 8.47. The third-order valence-electron chi connectivity index (χ3n) is 6.00. The van der Waals surface area contributed by atoms with Crippen LogP contribution in [0.5, 0.6) is 0 Å². The summed E-state index contributed by atoms with van der Waals surface area (Å²) in [7, 11) is 0. The van der Waals surface area contributed by atoms with Crippen molar-refractivity contribution in [3.8, 4) is 0 Å². The number of amides is 1. The zero-order valence-corrected chi connectivity index (χ0v) is 19.4. The van der Waals surface area contributed by atoms with Gasteiger partial charge in [-0.05, 0) is 43.6 Å². The van der Waals surface area contributed by atoms with Crippen LogP contribution in [-0.4, -0.2) is 54.1 Å². The third-order valence-corrected chi connectivity index (χ3v) is 6.00. The summed E-state index contributed by atoms with van der Waals surface area (Å²) in [4.78, 5) is 17.9. The molecule has 0 spiro atoms. The minimum atomic E-state index is -0.274. The lowest BCUT2D eigenvalue weighted by Gasteiger charge is -2.35. The summed E-state index contributed by atoms with van der Waals surface area (Å²) in [5.41, 5.74) is 3.48. The van der Waals surface area contributed by atoms with Crippen LogP contribution in [0.2, 0.25) is 0 Å². The summed E-state index contributed by atoms with van der Waals surface area (Å²) in [5, 5.41) is 3.22. The van der Waals surface area contributed by atoms with E-state index in [9.17, 15) is 4.79 Å². The van der Waals surface area contributed by atoms with Gasteiger partial charge in [-0.3, -0.25) is 14.6 Å². The monoisotopic (exact) mass is 423 g/mol. The molecule has 31 heavy (non-hydrogen) atoms. The summed E-state index contributed by atoms with van der Waals surface area (Å²) >= 11 is 0. The number of carbonyl (C=O) groups is 1. The van der Waals surface area contributed by atoms with Gasteiger partial charge < -0.3 is 10.1 Å². The Hall–Kier alpha value is -2.21. The first-order chi connectivity index (χ1) is 15.0. The minimum absolute atomic E-state index is 0.0540. The van der Waals surface area contributed by atoms with Crippen LogP contribution in [-0.2, 0) is 22.6 Å². The van der Waals surface area contributed by atoms with Crippen LogP contribution < -0.4 is 5.32 Å². The highest BCUT2D eigenvalue weighted by molar-refractivity contribution is 5.83. The topological polar surface area (TPSA) is 44.8 Å². The molecule has 3 unspecified atom stereocenters. The molecule has 0 aliphatic carbocycles. The quantitative estimate of drug-likeness (QED) is 0.662. The Bertz CT molecular complexity index is 812. The highest BCUT2D eigenvalue weighted by atomic mass is 16.5. The minimum Gasteiger partial charge on any atom is -0.373 e. The molecule has 0 radical (unpaired) electrons. The van der Waals surface area contributed by atoms with Crippen LogP contribution in [0.1, 0.15) is 50.4 Å². The number of carbonyl (C=O) groups excluding carboxylic acids is 1. The Morgan fingerprint density at radius 2 is 1.58 bits per heavy atom. The average molecular weight is 424 g/mol. The van der Waals surface area contributed by atoms with E-state index in [2.05, 4.69) is 67.1 Å². The number of morpholine rings is 1. The molecule has 1 fully saturated rings. The number of benzene rings is 2. The fraction of sp³-hybridized carbons (Fsp3) is 0.500. The molecule has 168 valence electrons. The summed E-state index contributed by atoms with van der Waals surface area (Å²) in [6, 6.07) is 18.2. The van der Waals surface area contributed by atoms with Crippen molar-refractivity contribution in [3.05, 3.63) is 71.3 Å². The Morgan fingerprint density at radius 1 is 1.00 bits per heavy atom. The van der Waals surface area contributed by atoms with Gasteiger partial charge in [0.2, 0.25) is 5.91 Å². The lowest BCUT2D eigenvalue weighted by Crippen LogP contribution is -2.45. The molecule has 1 heterocycles. The predicted molar refractivity (Wildman–Crippen MR) is 126 cm³/mol. The Labute approximate surface area is 187 Å². The smallest absolute Gasteiger partial charge is 0.242 e. The van der Waals surface area contributed by atoms with Crippen molar-refractivity contribution in [2.24, 2.45) is 0 Å². The highest BCUT2D eigenvalue weighted by Gasteiger charge is 2.26. The molecule has 1 amide bonds. The first-order valence-electron chi connectivity index (χ1n) is 11.5. The lowest BCUT2D eigenvalue weighted by atomic mass is 10.0. The molecule has 1 aliphatic rings. The van der Waals surface area contributed by atoms with Gasteiger partial charge in [0.1, 0.15) is 6.04 Å². The molecule has 2 aromatic rings. The zero-order valence-electron chi connectivity index (χ0n) is 19.4. The van der Waals surface area contributed by atoms with Gasteiger partial charge in [0.25, 0.3) is 0 Å². The second kappa shape index (κ2) is 11.4. The summed E-state index contributed by atoms with van der Waals surface area (Å²) in [6.45, 7) is 13.4. The van der Waals surface area contributed by atoms with Crippen molar-refractivity contribution in [1.29, 1.82) is 0 Å². The zero-order chi connectivity index (χ0) is 22.2. The van der Waals surface area contributed by atoms with Crippen molar-refractivity contribution in [3.63, 3.8) is 0 Å². The molecule has 3 atom stereocenters. The van der Waals surface area contributed by atoms with Crippen LogP contribution in [0.25, 0.3) is 0 Å². The van der Waals surface area contributed by atoms with Gasteiger partial charge in [-0.25, -0.2) is 0 Å². The standard InChI is InChI=1S/C26H37N3O2/c1-5-29(6-2)25(22-12-8-7-9-13-22)26(30)27-16-23-14-10-11-15-24(23)19-28-17-20(3)31-21(4)18-28/h7-15,20-21,25H,5-6,16-19H2,1-4H3,(H,27,30). The van der Waals surface area contributed by atoms with E-state index < -0.39 is 0 Å². The maximum Gasteiger partial charge on any atom is 0.242 e. The third kappa shape index (κ3) is 6.39. The molecule has 0 bridgehead atoms. The number of ether oxygens (including phenoxy) is 1. The van der Waals surface area contributed by atoms with E-state index in [1.54, 1.807) is 0 Å². The first-order valence-corrected chi connectivity index (χ1v) is 11.5. The predicted octanol–water partition coefficient (Wildman–Crippen LogP) is 4.00. The van der Waals surface area contributed by atoms with Gasteiger partial charge >= 0.3 is 0 Å². The van der Waals surface area contributed by atoms with E-state index in [0.29, 0.717) is 6.54 Å². The van der Waals surface area contributed by atoms with E-state index in [1.807, 2.05) is 30.3 Å². The first kappa shape index (κ1) is 23.5. The number of nitrogens with zero attached hydrogens (tertiary/aromatic N) is 2. The Balaban J connectivity index is 1.70. The van der Waals surface area contributed by atoms with Gasteiger partial charge in [0.05, 0.1) is 12.2 Å². The van der Waals surface area contributed by atoms with Crippen molar-refractivity contribution in [2.75, 3.05) is 26.2 Å². The van der Waals surface area contributed by atoms with E-state index in [1.165, 1.54) is 11.1 Å². The highest BCUT2D eigenvalue weighted by Crippen LogP contribution is 2.22. The van der Waals surface area contributed by atoms with E-state index in [0.717, 1.165) is 38.3 Å². The van der Waals surface area contributed by atoms with Crippen molar-refractivity contribution >= 4 is 5.91 Å². The molecular weight excluding hydrogens is 386 g/mol. The molecule has 1 aliphatic heterocycles. The molecule has 5 nitrogen and oxygen atoms in total. The second-order valence-electron chi connectivity index (χ2n) is 8.47. The number of nitrogens with one attached hydrogen (secondary N) is 1. The van der Waals surface area contributed by atoms with Gasteiger partial charge in [-0.15, -0.1) is 0 Å². The molecule has 1 N–H and O–H groups in total. The summed E-state index contributed by atoms with van der Waals surface area (Å²) in [6.07, 6.45) is 0.493. The van der Waals surface area contributed by atoms with Gasteiger partial charge in [0, 0.05) is 26.2 Å². The largest absolute Gasteiger partial charge is 0.373 e.